The number of imidazole rings is 1. The summed E-state index contributed by atoms with van der Waals surface area (Å²) in [4.78, 5) is 35.9. The van der Waals surface area contributed by atoms with Crippen LogP contribution in [0.3, 0.4) is 0 Å². The van der Waals surface area contributed by atoms with Crippen LogP contribution in [0.4, 0.5) is 9.18 Å². The topological polar surface area (TPSA) is 82.2 Å². The molecule has 1 aliphatic rings. The molecule has 0 radical (unpaired) electrons. The zero-order valence-corrected chi connectivity index (χ0v) is 16.3. The first-order chi connectivity index (χ1) is 14.0. The minimum atomic E-state index is -0.463. The van der Waals surface area contributed by atoms with E-state index in [1.807, 2.05) is 13.0 Å². The number of rotatable bonds is 5. The highest BCUT2D eigenvalue weighted by molar-refractivity contribution is 5.88. The number of aromatic nitrogens is 4. The lowest BCUT2D eigenvalue weighted by molar-refractivity contribution is 0.149. The molecule has 3 heterocycles. The summed E-state index contributed by atoms with van der Waals surface area (Å²) < 4.78 is 21.2. The Morgan fingerprint density at radius 1 is 1.34 bits per heavy atom. The van der Waals surface area contributed by atoms with E-state index in [-0.39, 0.29) is 11.7 Å². The van der Waals surface area contributed by atoms with Crippen molar-refractivity contribution in [3.63, 3.8) is 0 Å². The fourth-order valence-electron chi connectivity index (χ4n) is 3.51. The van der Waals surface area contributed by atoms with Gasteiger partial charge in [-0.3, -0.25) is 4.57 Å². The van der Waals surface area contributed by atoms with Gasteiger partial charge >= 0.3 is 11.7 Å². The Hall–Kier alpha value is -3.07. The summed E-state index contributed by atoms with van der Waals surface area (Å²) in [6.45, 7) is 3.87. The zero-order chi connectivity index (χ0) is 20.5. The number of hydrogen-bond acceptors (Lipinski definition) is 5. The van der Waals surface area contributed by atoms with E-state index < -0.39 is 11.7 Å². The van der Waals surface area contributed by atoms with Crippen LogP contribution in [0.1, 0.15) is 24.2 Å². The Bertz CT molecular complexity index is 1120. The number of ether oxygens (including phenoxy) is 1. The van der Waals surface area contributed by atoms with Crippen LogP contribution >= 0.6 is 0 Å². The van der Waals surface area contributed by atoms with Gasteiger partial charge in [0, 0.05) is 39.1 Å². The van der Waals surface area contributed by atoms with Crippen LogP contribution in [0, 0.1) is 5.82 Å². The van der Waals surface area contributed by atoms with Crippen molar-refractivity contribution in [2.24, 2.45) is 7.05 Å². The lowest BCUT2D eigenvalue weighted by Gasteiger charge is -2.39. The minimum absolute atomic E-state index is 0.0572. The number of benzene rings is 1. The maximum Gasteiger partial charge on any atom is 0.338 e. The third-order valence-electron chi connectivity index (χ3n) is 5.17. The van der Waals surface area contributed by atoms with Gasteiger partial charge in [0.2, 0.25) is 0 Å². The number of fused-ring (bicyclic) bond motifs is 1. The molecule has 0 unspecified atom stereocenters. The van der Waals surface area contributed by atoms with Crippen molar-refractivity contribution in [1.82, 2.24) is 24.0 Å². The normalized spacial score (nSPS) is 14.4. The second-order valence-electron chi connectivity index (χ2n) is 7.06. The highest BCUT2D eigenvalue weighted by Crippen LogP contribution is 2.28. The first-order valence-electron chi connectivity index (χ1n) is 9.55. The van der Waals surface area contributed by atoms with Gasteiger partial charge < -0.3 is 9.64 Å². The molecular weight excluding hydrogens is 377 g/mol. The van der Waals surface area contributed by atoms with Crippen molar-refractivity contribution in [2.75, 3.05) is 26.3 Å². The smallest absolute Gasteiger partial charge is 0.338 e. The van der Waals surface area contributed by atoms with Gasteiger partial charge in [0.1, 0.15) is 17.2 Å². The molecule has 1 fully saturated rings. The third-order valence-corrected chi connectivity index (χ3v) is 5.17. The van der Waals surface area contributed by atoms with E-state index in [2.05, 4.69) is 9.97 Å². The second kappa shape index (κ2) is 7.75. The number of carbonyl (C=O) groups excluding carboxylic acids is 1. The van der Waals surface area contributed by atoms with Crippen LogP contribution in [-0.2, 0) is 18.2 Å². The lowest BCUT2D eigenvalue weighted by Crippen LogP contribution is -2.52. The summed E-state index contributed by atoms with van der Waals surface area (Å²) in [5, 5.41) is 0. The van der Waals surface area contributed by atoms with Gasteiger partial charge in [0.15, 0.2) is 5.65 Å². The van der Waals surface area contributed by atoms with E-state index in [1.165, 1.54) is 22.9 Å². The summed E-state index contributed by atoms with van der Waals surface area (Å²) >= 11 is 0. The highest BCUT2D eigenvalue weighted by atomic mass is 19.1. The summed E-state index contributed by atoms with van der Waals surface area (Å²) in [6, 6.07) is 5.96. The van der Waals surface area contributed by atoms with E-state index in [9.17, 15) is 14.0 Å². The van der Waals surface area contributed by atoms with Crippen LogP contribution in [0.2, 0.25) is 0 Å². The molecule has 0 bridgehead atoms. The fourth-order valence-corrected chi connectivity index (χ4v) is 3.51. The lowest BCUT2D eigenvalue weighted by atomic mass is 9.92. The average Bonchev–Trinajstić information content (AvgIpc) is 2.91. The van der Waals surface area contributed by atoms with Crippen molar-refractivity contribution < 1.29 is 13.9 Å². The second-order valence-corrected chi connectivity index (χ2v) is 7.06. The highest BCUT2D eigenvalue weighted by Gasteiger charge is 2.34. The van der Waals surface area contributed by atoms with Gasteiger partial charge in [-0.05, 0) is 24.6 Å². The Morgan fingerprint density at radius 3 is 2.86 bits per heavy atom. The number of carbonyl (C=O) groups is 1. The molecule has 2 aromatic heterocycles. The number of hydrogen-bond donors (Lipinski definition) is 0. The Balaban J connectivity index is 1.55. The van der Waals surface area contributed by atoms with Gasteiger partial charge in [-0.2, -0.15) is 0 Å². The molecule has 8 nitrogen and oxygen atoms in total. The molecule has 1 aromatic carbocycles. The van der Waals surface area contributed by atoms with Gasteiger partial charge in [0.05, 0.1) is 12.8 Å². The quantitative estimate of drug-likeness (QED) is 0.612. The van der Waals surface area contributed by atoms with Crippen molar-refractivity contribution >= 4 is 17.2 Å². The van der Waals surface area contributed by atoms with Gasteiger partial charge in [-0.25, -0.2) is 28.5 Å². The first-order valence-corrected chi connectivity index (χ1v) is 9.55. The van der Waals surface area contributed by atoms with E-state index in [4.69, 9.17) is 4.74 Å². The minimum Gasteiger partial charge on any atom is -0.381 e. The van der Waals surface area contributed by atoms with Crippen LogP contribution in [-0.4, -0.2) is 56.3 Å². The monoisotopic (exact) mass is 399 g/mol. The summed E-state index contributed by atoms with van der Waals surface area (Å²) in [7, 11) is 1.58. The van der Waals surface area contributed by atoms with Crippen molar-refractivity contribution in [3.8, 4) is 0 Å². The Kier molecular flexibility index (Phi) is 5.14. The maximum atomic E-state index is 13.4. The first kappa shape index (κ1) is 19.3. The van der Waals surface area contributed by atoms with Crippen LogP contribution in [0.5, 0.6) is 0 Å². The summed E-state index contributed by atoms with van der Waals surface area (Å²) in [5.41, 5.74) is 1.17. The Labute approximate surface area is 166 Å². The number of amides is 1. The number of halogens is 1. The van der Waals surface area contributed by atoms with E-state index in [0.717, 1.165) is 10.1 Å². The number of likely N-dealkylation sites (tertiary alicyclic amines) is 1. The molecule has 152 valence electrons. The van der Waals surface area contributed by atoms with Crippen LogP contribution in [0.15, 0.2) is 35.3 Å². The van der Waals surface area contributed by atoms with Crippen molar-refractivity contribution in [3.05, 3.63) is 58.2 Å². The molecular formula is C20H22FN5O3. The van der Waals surface area contributed by atoms with Crippen LogP contribution in [0.25, 0.3) is 11.2 Å². The summed E-state index contributed by atoms with van der Waals surface area (Å²) in [6.07, 6.45) is 2.03. The number of nitrogens with zero attached hydrogens (tertiary/aromatic N) is 5. The predicted octanol–water partition coefficient (Wildman–Crippen LogP) is 1.92. The average molecular weight is 399 g/mol. The maximum absolute atomic E-state index is 13.4. The molecule has 9 heteroatoms. The van der Waals surface area contributed by atoms with Crippen molar-refractivity contribution in [2.45, 2.75) is 19.3 Å². The van der Waals surface area contributed by atoms with E-state index >= 15 is 0 Å². The van der Waals surface area contributed by atoms with E-state index in [1.54, 1.807) is 18.0 Å². The largest absolute Gasteiger partial charge is 0.381 e. The molecule has 1 amide bonds. The molecule has 0 N–H and O–H groups in total. The predicted molar refractivity (Wildman–Crippen MR) is 104 cm³/mol. The van der Waals surface area contributed by atoms with Gasteiger partial charge in [0.25, 0.3) is 0 Å². The molecule has 0 spiro atoms. The SMILES string of the molecule is CCOCCc1ncc2c(n1)n(C)c(=O)n2C(=O)N1CC(c2cccc(F)c2)C1. The molecule has 29 heavy (non-hydrogen) atoms. The molecule has 0 aliphatic carbocycles. The van der Waals surface area contributed by atoms with E-state index in [0.29, 0.717) is 49.7 Å². The van der Waals surface area contributed by atoms with Crippen LogP contribution < -0.4 is 5.69 Å². The Morgan fingerprint density at radius 2 is 2.14 bits per heavy atom. The molecule has 0 saturated carbocycles. The molecule has 1 saturated heterocycles. The summed E-state index contributed by atoms with van der Waals surface area (Å²) in [5.74, 6) is 0.317. The number of aryl methyl sites for hydroxylation is 1. The fraction of sp³-hybridized carbons (Fsp3) is 0.400. The van der Waals surface area contributed by atoms with Crippen molar-refractivity contribution in [1.29, 1.82) is 0 Å². The third kappa shape index (κ3) is 3.53. The zero-order valence-electron chi connectivity index (χ0n) is 16.3. The molecule has 0 atom stereocenters. The van der Waals surface area contributed by atoms with Gasteiger partial charge in [-0.15, -0.1) is 0 Å². The standard InChI is InChI=1S/C20H22FN5O3/c1-3-29-8-7-17-22-10-16-18(23-17)24(2)19(27)26(16)20(28)25-11-14(12-25)13-5-4-6-15(21)9-13/h4-6,9-10,14H,3,7-8,11-12H2,1-2H3. The molecule has 4 rings (SSSR count). The molecule has 3 aromatic rings. The van der Waals surface area contributed by atoms with Gasteiger partial charge in [-0.1, -0.05) is 12.1 Å². The molecule has 1 aliphatic heterocycles.